The van der Waals surface area contributed by atoms with Gasteiger partial charge in [0.25, 0.3) is 0 Å². The SMILES string of the molecule is CCC(CC)CN(CCO)CC1CCCN1. The molecule has 16 heavy (non-hydrogen) atoms. The molecule has 0 saturated carbocycles. The van der Waals surface area contributed by atoms with Gasteiger partial charge in [0.05, 0.1) is 6.61 Å². The van der Waals surface area contributed by atoms with Crippen molar-refractivity contribution in [1.82, 2.24) is 10.2 Å². The number of aliphatic hydroxyl groups excluding tert-OH is 1. The fraction of sp³-hybridized carbons (Fsp3) is 1.00. The van der Waals surface area contributed by atoms with Crippen LogP contribution in [0.5, 0.6) is 0 Å². The van der Waals surface area contributed by atoms with E-state index in [0.29, 0.717) is 6.04 Å². The number of nitrogens with zero attached hydrogens (tertiary/aromatic N) is 1. The van der Waals surface area contributed by atoms with Crippen molar-refractivity contribution in [2.45, 2.75) is 45.6 Å². The maximum absolute atomic E-state index is 9.11. The van der Waals surface area contributed by atoms with Gasteiger partial charge in [0.2, 0.25) is 0 Å². The molecule has 1 heterocycles. The van der Waals surface area contributed by atoms with Crippen LogP contribution in [-0.2, 0) is 0 Å². The molecule has 1 aliphatic heterocycles. The highest BCUT2D eigenvalue weighted by molar-refractivity contribution is 4.78. The molecule has 0 aromatic heterocycles. The molecule has 1 aliphatic rings. The van der Waals surface area contributed by atoms with Gasteiger partial charge in [0, 0.05) is 25.7 Å². The molecule has 0 bridgehead atoms. The van der Waals surface area contributed by atoms with Crippen LogP contribution < -0.4 is 5.32 Å². The van der Waals surface area contributed by atoms with E-state index in [-0.39, 0.29) is 6.61 Å². The zero-order chi connectivity index (χ0) is 11.8. The van der Waals surface area contributed by atoms with Gasteiger partial charge in [-0.15, -0.1) is 0 Å². The molecule has 1 atom stereocenters. The molecule has 1 saturated heterocycles. The van der Waals surface area contributed by atoms with Gasteiger partial charge >= 0.3 is 0 Å². The van der Waals surface area contributed by atoms with Crippen LogP contribution in [0.4, 0.5) is 0 Å². The minimum absolute atomic E-state index is 0.285. The Morgan fingerprint density at radius 1 is 1.38 bits per heavy atom. The lowest BCUT2D eigenvalue weighted by molar-refractivity contribution is 0.161. The lowest BCUT2D eigenvalue weighted by Gasteiger charge is -2.28. The normalized spacial score (nSPS) is 21.2. The fourth-order valence-electron chi connectivity index (χ4n) is 2.53. The first-order valence-corrected chi connectivity index (χ1v) is 6.86. The summed E-state index contributed by atoms with van der Waals surface area (Å²) >= 11 is 0. The van der Waals surface area contributed by atoms with Gasteiger partial charge in [0.15, 0.2) is 0 Å². The third kappa shape index (κ3) is 4.81. The largest absolute Gasteiger partial charge is 0.395 e. The molecule has 1 unspecified atom stereocenters. The molecular weight excluding hydrogens is 200 g/mol. The van der Waals surface area contributed by atoms with Gasteiger partial charge < -0.3 is 10.4 Å². The average molecular weight is 228 g/mol. The minimum Gasteiger partial charge on any atom is -0.395 e. The summed E-state index contributed by atoms with van der Waals surface area (Å²) in [4.78, 5) is 2.43. The van der Waals surface area contributed by atoms with Crippen LogP contribution in [-0.4, -0.2) is 48.8 Å². The highest BCUT2D eigenvalue weighted by Crippen LogP contribution is 2.12. The van der Waals surface area contributed by atoms with E-state index in [4.69, 9.17) is 5.11 Å². The zero-order valence-electron chi connectivity index (χ0n) is 10.9. The van der Waals surface area contributed by atoms with Crippen molar-refractivity contribution in [3.05, 3.63) is 0 Å². The maximum atomic E-state index is 9.11. The molecule has 1 fully saturated rings. The van der Waals surface area contributed by atoms with E-state index in [9.17, 15) is 0 Å². The molecule has 0 aromatic carbocycles. The smallest absolute Gasteiger partial charge is 0.0558 e. The van der Waals surface area contributed by atoms with Crippen LogP contribution >= 0.6 is 0 Å². The van der Waals surface area contributed by atoms with Gasteiger partial charge in [-0.1, -0.05) is 26.7 Å². The van der Waals surface area contributed by atoms with Crippen molar-refractivity contribution in [1.29, 1.82) is 0 Å². The van der Waals surface area contributed by atoms with Crippen molar-refractivity contribution in [3.63, 3.8) is 0 Å². The standard InChI is InChI=1S/C13H28N2O/c1-3-12(4-2)10-15(8-9-16)11-13-6-5-7-14-13/h12-14,16H,3-11H2,1-2H3. The van der Waals surface area contributed by atoms with Crippen molar-refractivity contribution >= 4 is 0 Å². The summed E-state index contributed by atoms with van der Waals surface area (Å²) in [7, 11) is 0. The molecule has 0 spiro atoms. The Kier molecular flexibility index (Phi) is 7.01. The van der Waals surface area contributed by atoms with Gasteiger partial charge in [-0.2, -0.15) is 0 Å². The van der Waals surface area contributed by atoms with Gasteiger partial charge in [-0.25, -0.2) is 0 Å². The molecule has 96 valence electrons. The first-order chi connectivity index (χ1) is 7.80. The van der Waals surface area contributed by atoms with Crippen LogP contribution in [0.2, 0.25) is 0 Å². The van der Waals surface area contributed by atoms with E-state index in [2.05, 4.69) is 24.1 Å². The first kappa shape index (κ1) is 13.9. The quantitative estimate of drug-likeness (QED) is 0.660. The lowest BCUT2D eigenvalue weighted by Crippen LogP contribution is -2.41. The zero-order valence-corrected chi connectivity index (χ0v) is 10.9. The van der Waals surface area contributed by atoms with Crippen molar-refractivity contribution in [2.75, 3.05) is 32.8 Å². The summed E-state index contributed by atoms with van der Waals surface area (Å²) in [5.74, 6) is 0.785. The minimum atomic E-state index is 0.285. The number of aliphatic hydroxyl groups is 1. The Morgan fingerprint density at radius 2 is 2.12 bits per heavy atom. The monoisotopic (exact) mass is 228 g/mol. The molecule has 3 nitrogen and oxygen atoms in total. The van der Waals surface area contributed by atoms with E-state index in [0.717, 1.165) is 25.6 Å². The molecule has 0 aromatic rings. The summed E-state index contributed by atoms with van der Waals surface area (Å²) in [6, 6.07) is 0.654. The third-order valence-corrected chi connectivity index (χ3v) is 3.73. The number of hydrogen-bond acceptors (Lipinski definition) is 3. The van der Waals surface area contributed by atoms with Crippen LogP contribution in [0.1, 0.15) is 39.5 Å². The average Bonchev–Trinajstić information content (AvgIpc) is 2.78. The Hall–Kier alpha value is -0.120. The Morgan fingerprint density at radius 3 is 2.62 bits per heavy atom. The molecule has 2 N–H and O–H groups in total. The predicted octanol–water partition coefficient (Wildman–Crippen LogP) is 1.47. The van der Waals surface area contributed by atoms with Crippen LogP contribution in [0, 0.1) is 5.92 Å². The topological polar surface area (TPSA) is 35.5 Å². The summed E-state index contributed by atoms with van der Waals surface area (Å²) in [6.07, 6.45) is 5.10. The molecule has 0 amide bonds. The van der Waals surface area contributed by atoms with E-state index < -0.39 is 0 Å². The predicted molar refractivity (Wildman–Crippen MR) is 68.6 cm³/mol. The Labute approximate surface area is 100 Å². The summed E-state index contributed by atoms with van der Waals surface area (Å²) in [5, 5.41) is 12.6. The summed E-state index contributed by atoms with van der Waals surface area (Å²) in [5.41, 5.74) is 0. The fourth-order valence-corrected chi connectivity index (χ4v) is 2.53. The van der Waals surface area contributed by atoms with Gasteiger partial charge in [-0.3, -0.25) is 4.90 Å². The van der Waals surface area contributed by atoms with Crippen LogP contribution in [0.25, 0.3) is 0 Å². The summed E-state index contributed by atoms with van der Waals surface area (Å²) in [6.45, 7) is 9.06. The molecular formula is C13H28N2O. The first-order valence-electron chi connectivity index (χ1n) is 6.86. The van der Waals surface area contributed by atoms with E-state index >= 15 is 0 Å². The molecule has 1 rings (SSSR count). The molecule has 0 aliphatic carbocycles. The highest BCUT2D eigenvalue weighted by atomic mass is 16.3. The number of hydrogen-bond donors (Lipinski definition) is 2. The third-order valence-electron chi connectivity index (χ3n) is 3.73. The van der Waals surface area contributed by atoms with Crippen molar-refractivity contribution in [2.24, 2.45) is 5.92 Å². The van der Waals surface area contributed by atoms with E-state index in [1.165, 1.54) is 32.2 Å². The maximum Gasteiger partial charge on any atom is 0.0558 e. The second kappa shape index (κ2) is 8.04. The molecule has 0 radical (unpaired) electrons. The van der Waals surface area contributed by atoms with Crippen molar-refractivity contribution in [3.8, 4) is 0 Å². The summed E-state index contributed by atoms with van der Waals surface area (Å²) < 4.78 is 0. The number of nitrogens with one attached hydrogen (secondary N) is 1. The van der Waals surface area contributed by atoms with Gasteiger partial charge in [-0.05, 0) is 25.3 Å². The van der Waals surface area contributed by atoms with Crippen molar-refractivity contribution < 1.29 is 5.11 Å². The second-order valence-corrected chi connectivity index (χ2v) is 4.96. The lowest BCUT2D eigenvalue weighted by atomic mass is 10.0. The second-order valence-electron chi connectivity index (χ2n) is 4.96. The Bertz CT molecular complexity index is 161. The molecule has 3 heteroatoms. The van der Waals surface area contributed by atoms with E-state index in [1.54, 1.807) is 0 Å². The van der Waals surface area contributed by atoms with Gasteiger partial charge in [0.1, 0.15) is 0 Å². The number of rotatable bonds is 8. The van der Waals surface area contributed by atoms with Crippen LogP contribution in [0.3, 0.4) is 0 Å². The van der Waals surface area contributed by atoms with Crippen LogP contribution in [0.15, 0.2) is 0 Å². The highest BCUT2D eigenvalue weighted by Gasteiger charge is 2.19. The van der Waals surface area contributed by atoms with E-state index in [1.807, 2.05) is 0 Å². The Balaban J connectivity index is 2.32.